The van der Waals surface area contributed by atoms with E-state index in [0.29, 0.717) is 17.2 Å². The molecule has 0 N–H and O–H groups in total. The van der Waals surface area contributed by atoms with E-state index in [0.717, 1.165) is 21.9 Å². The molecule has 0 spiro atoms. The van der Waals surface area contributed by atoms with Crippen molar-refractivity contribution in [3.05, 3.63) is 58.0 Å². The number of carbonyl (C=O) groups is 1. The van der Waals surface area contributed by atoms with Crippen molar-refractivity contribution < 1.29 is 14.3 Å². The molecular weight excluding hydrogens is 350 g/mol. The third-order valence-corrected chi connectivity index (χ3v) is 4.98. The number of hydrogen-bond acceptors (Lipinski definition) is 5. The van der Waals surface area contributed by atoms with Crippen LogP contribution < -0.4 is 9.47 Å². The summed E-state index contributed by atoms with van der Waals surface area (Å²) >= 11 is 1.44. The van der Waals surface area contributed by atoms with Crippen LogP contribution in [-0.2, 0) is 6.54 Å². The highest BCUT2D eigenvalue weighted by atomic mass is 32.1. The molecule has 26 heavy (non-hydrogen) atoms. The van der Waals surface area contributed by atoms with E-state index in [2.05, 4.69) is 5.10 Å². The van der Waals surface area contributed by atoms with Gasteiger partial charge in [-0.25, -0.2) is 4.68 Å². The van der Waals surface area contributed by atoms with Crippen molar-refractivity contribution in [2.75, 3.05) is 21.3 Å². The standard InChI is InChI=1S/C19H21N3O3S/c1-13-8-17(25-4)18(26-13)19(23)21(2)11-14-10-20-22(12-14)15-6-5-7-16(9-15)24-3/h5-10,12H,11H2,1-4H3. The van der Waals surface area contributed by atoms with E-state index in [1.807, 2.05) is 43.5 Å². The normalized spacial score (nSPS) is 10.6. The maximum Gasteiger partial charge on any atom is 0.267 e. The summed E-state index contributed by atoms with van der Waals surface area (Å²) in [6.07, 6.45) is 3.68. The Bertz CT molecular complexity index is 916. The molecule has 136 valence electrons. The first-order chi connectivity index (χ1) is 12.5. The molecule has 0 fully saturated rings. The number of benzene rings is 1. The first kappa shape index (κ1) is 18.0. The van der Waals surface area contributed by atoms with Gasteiger partial charge in [-0.05, 0) is 25.1 Å². The van der Waals surface area contributed by atoms with Gasteiger partial charge in [0, 0.05) is 36.3 Å². The van der Waals surface area contributed by atoms with Gasteiger partial charge in [0.1, 0.15) is 16.4 Å². The zero-order valence-corrected chi connectivity index (χ0v) is 16.0. The van der Waals surface area contributed by atoms with Crippen molar-refractivity contribution in [3.8, 4) is 17.2 Å². The van der Waals surface area contributed by atoms with Gasteiger partial charge in [-0.3, -0.25) is 4.79 Å². The number of aromatic nitrogens is 2. The van der Waals surface area contributed by atoms with Gasteiger partial charge in [0.15, 0.2) is 0 Å². The highest BCUT2D eigenvalue weighted by Gasteiger charge is 2.20. The molecule has 0 aliphatic rings. The Kier molecular flexibility index (Phi) is 5.27. The molecule has 0 unspecified atom stereocenters. The lowest BCUT2D eigenvalue weighted by molar-refractivity contribution is 0.0787. The minimum Gasteiger partial charge on any atom is -0.497 e. The van der Waals surface area contributed by atoms with Crippen molar-refractivity contribution in [2.45, 2.75) is 13.5 Å². The van der Waals surface area contributed by atoms with Crippen LogP contribution in [0.1, 0.15) is 20.1 Å². The van der Waals surface area contributed by atoms with Gasteiger partial charge in [-0.1, -0.05) is 6.07 Å². The van der Waals surface area contributed by atoms with Crippen LogP contribution in [0, 0.1) is 6.92 Å². The van der Waals surface area contributed by atoms with Crippen molar-refractivity contribution in [3.63, 3.8) is 0 Å². The van der Waals surface area contributed by atoms with E-state index < -0.39 is 0 Å². The molecule has 0 radical (unpaired) electrons. The van der Waals surface area contributed by atoms with Crippen LogP contribution in [0.25, 0.3) is 5.69 Å². The van der Waals surface area contributed by atoms with Gasteiger partial charge in [0.05, 0.1) is 26.1 Å². The van der Waals surface area contributed by atoms with E-state index >= 15 is 0 Å². The van der Waals surface area contributed by atoms with Crippen molar-refractivity contribution in [1.29, 1.82) is 0 Å². The van der Waals surface area contributed by atoms with Gasteiger partial charge in [0.25, 0.3) is 5.91 Å². The van der Waals surface area contributed by atoms with Crippen LogP contribution in [0.2, 0.25) is 0 Å². The van der Waals surface area contributed by atoms with Crippen LogP contribution in [0.4, 0.5) is 0 Å². The second kappa shape index (κ2) is 7.61. The summed E-state index contributed by atoms with van der Waals surface area (Å²) in [5, 5.41) is 4.39. The number of thiophene rings is 1. The van der Waals surface area contributed by atoms with E-state index in [1.165, 1.54) is 11.3 Å². The molecule has 1 aromatic carbocycles. The predicted octanol–water partition coefficient (Wildman–Crippen LogP) is 3.53. The molecule has 0 aliphatic carbocycles. The van der Waals surface area contributed by atoms with Crippen LogP contribution in [0.15, 0.2) is 42.7 Å². The smallest absolute Gasteiger partial charge is 0.267 e. The Morgan fingerprint density at radius 3 is 2.81 bits per heavy atom. The van der Waals surface area contributed by atoms with E-state index in [4.69, 9.17) is 9.47 Å². The Morgan fingerprint density at radius 2 is 2.08 bits per heavy atom. The number of rotatable bonds is 6. The molecule has 6 nitrogen and oxygen atoms in total. The van der Waals surface area contributed by atoms with Crippen LogP contribution >= 0.6 is 11.3 Å². The summed E-state index contributed by atoms with van der Waals surface area (Å²) in [7, 11) is 4.99. The summed E-state index contributed by atoms with van der Waals surface area (Å²) in [4.78, 5) is 16.0. The van der Waals surface area contributed by atoms with Gasteiger partial charge >= 0.3 is 0 Å². The molecule has 0 saturated carbocycles. The zero-order chi connectivity index (χ0) is 18.7. The van der Waals surface area contributed by atoms with E-state index in [1.54, 1.807) is 37.0 Å². The Morgan fingerprint density at radius 1 is 1.27 bits per heavy atom. The van der Waals surface area contributed by atoms with Gasteiger partial charge in [-0.2, -0.15) is 5.10 Å². The number of aryl methyl sites for hydroxylation is 1. The quantitative estimate of drug-likeness (QED) is 0.665. The molecule has 3 rings (SSSR count). The minimum absolute atomic E-state index is 0.0610. The number of carbonyl (C=O) groups excluding carboxylic acids is 1. The highest BCUT2D eigenvalue weighted by Crippen LogP contribution is 2.30. The number of nitrogens with zero attached hydrogens (tertiary/aromatic N) is 3. The molecule has 2 aromatic heterocycles. The third kappa shape index (κ3) is 3.72. The van der Waals surface area contributed by atoms with Crippen molar-refractivity contribution in [2.24, 2.45) is 0 Å². The van der Waals surface area contributed by atoms with E-state index in [-0.39, 0.29) is 5.91 Å². The summed E-state index contributed by atoms with van der Waals surface area (Å²) in [5.74, 6) is 1.33. The largest absolute Gasteiger partial charge is 0.497 e. The van der Waals surface area contributed by atoms with Crippen molar-refractivity contribution >= 4 is 17.2 Å². The fourth-order valence-electron chi connectivity index (χ4n) is 2.65. The Labute approximate surface area is 156 Å². The second-order valence-electron chi connectivity index (χ2n) is 5.91. The topological polar surface area (TPSA) is 56.6 Å². The summed E-state index contributed by atoms with van der Waals surface area (Å²) < 4.78 is 12.3. The zero-order valence-electron chi connectivity index (χ0n) is 15.2. The lowest BCUT2D eigenvalue weighted by Crippen LogP contribution is -2.25. The summed E-state index contributed by atoms with van der Waals surface area (Å²) in [6, 6.07) is 9.54. The number of ether oxygens (including phenoxy) is 2. The monoisotopic (exact) mass is 371 g/mol. The molecule has 0 saturated heterocycles. The summed E-state index contributed by atoms with van der Waals surface area (Å²) in [6.45, 7) is 2.42. The Hall–Kier alpha value is -2.80. The first-order valence-electron chi connectivity index (χ1n) is 8.09. The van der Waals surface area contributed by atoms with Crippen LogP contribution in [0.5, 0.6) is 11.5 Å². The molecule has 2 heterocycles. The molecule has 0 atom stereocenters. The SMILES string of the molecule is COc1cccc(-n2cc(CN(C)C(=O)c3sc(C)cc3OC)cn2)c1. The number of hydrogen-bond donors (Lipinski definition) is 0. The third-order valence-electron chi connectivity index (χ3n) is 3.96. The van der Waals surface area contributed by atoms with Crippen LogP contribution in [-0.4, -0.2) is 41.9 Å². The molecule has 1 amide bonds. The van der Waals surface area contributed by atoms with E-state index in [9.17, 15) is 4.79 Å². The maximum absolute atomic E-state index is 12.7. The molecule has 0 bridgehead atoms. The second-order valence-corrected chi connectivity index (χ2v) is 7.17. The first-order valence-corrected chi connectivity index (χ1v) is 8.91. The minimum atomic E-state index is -0.0610. The van der Waals surface area contributed by atoms with Crippen molar-refractivity contribution in [1.82, 2.24) is 14.7 Å². The fraction of sp³-hybridized carbons (Fsp3) is 0.263. The Balaban J connectivity index is 1.74. The maximum atomic E-state index is 12.7. The molecule has 7 heteroatoms. The van der Waals surface area contributed by atoms with Gasteiger partial charge in [-0.15, -0.1) is 11.3 Å². The lowest BCUT2D eigenvalue weighted by Gasteiger charge is -2.15. The average Bonchev–Trinajstić information content (AvgIpc) is 3.27. The molecular formula is C19H21N3O3S. The number of amides is 1. The number of methoxy groups -OCH3 is 2. The van der Waals surface area contributed by atoms with Crippen LogP contribution in [0.3, 0.4) is 0 Å². The van der Waals surface area contributed by atoms with Gasteiger partial charge < -0.3 is 14.4 Å². The highest BCUT2D eigenvalue weighted by molar-refractivity contribution is 7.14. The predicted molar refractivity (Wildman–Crippen MR) is 102 cm³/mol. The lowest BCUT2D eigenvalue weighted by atomic mass is 10.3. The molecule has 3 aromatic rings. The molecule has 0 aliphatic heterocycles. The fourth-order valence-corrected chi connectivity index (χ4v) is 3.62. The van der Waals surface area contributed by atoms with Gasteiger partial charge in [0.2, 0.25) is 0 Å². The summed E-state index contributed by atoms with van der Waals surface area (Å²) in [5.41, 5.74) is 1.84. The average molecular weight is 371 g/mol.